The fraction of sp³-hybridized carbons (Fsp3) is 0. The van der Waals surface area contributed by atoms with Crippen LogP contribution in [-0.2, 0) is 0 Å². The average molecular weight is 148 g/mol. The summed E-state index contributed by atoms with van der Waals surface area (Å²) in [6.07, 6.45) is 1.77. The minimum Gasteiger partial charge on any atom is -0.505 e. The van der Waals surface area contributed by atoms with Crippen LogP contribution in [0.4, 0.5) is 5.69 Å². The number of hydrogen-bond donors (Lipinski definition) is 3. The molecule has 1 aromatic carbocycles. The van der Waals surface area contributed by atoms with Crippen molar-refractivity contribution in [3.8, 4) is 5.75 Å². The molecule has 0 unspecified atom stereocenters. The molecule has 4 N–H and O–H groups in total. The van der Waals surface area contributed by atoms with Crippen LogP contribution in [0.1, 0.15) is 0 Å². The maximum Gasteiger partial charge on any atom is 0.147 e. The molecule has 0 saturated heterocycles. The molecule has 0 atom stereocenters. The maximum atomic E-state index is 9.40. The largest absolute Gasteiger partial charge is 0.505 e. The van der Waals surface area contributed by atoms with Gasteiger partial charge in [0.2, 0.25) is 0 Å². The summed E-state index contributed by atoms with van der Waals surface area (Å²) in [5, 5.41) is 10.2. The second-order valence-corrected chi connectivity index (χ2v) is 2.44. The number of nitrogens with two attached hydrogens (primary N) is 1. The van der Waals surface area contributed by atoms with Gasteiger partial charge < -0.3 is 15.8 Å². The van der Waals surface area contributed by atoms with Gasteiger partial charge in [-0.25, -0.2) is 0 Å². The zero-order valence-electron chi connectivity index (χ0n) is 5.83. The Labute approximate surface area is 63.5 Å². The van der Waals surface area contributed by atoms with Crippen molar-refractivity contribution in [2.75, 3.05) is 5.73 Å². The van der Waals surface area contributed by atoms with Crippen molar-refractivity contribution in [2.24, 2.45) is 0 Å². The second kappa shape index (κ2) is 1.92. The number of nitrogen functional groups attached to an aromatic ring is 1. The van der Waals surface area contributed by atoms with Gasteiger partial charge in [0.15, 0.2) is 0 Å². The highest BCUT2D eigenvalue weighted by molar-refractivity contribution is 5.90. The summed E-state index contributed by atoms with van der Waals surface area (Å²) in [5.41, 5.74) is 6.79. The molecule has 0 amide bonds. The fourth-order valence-corrected chi connectivity index (χ4v) is 1.13. The van der Waals surface area contributed by atoms with E-state index in [0.29, 0.717) is 5.69 Å². The third-order valence-corrected chi connectivity index (χ3v) is 1.74. The van der Waals surface area contributed by atoms with E-state index >= 15 is 0 Å². The van der Waals surface area contributed by atoms with E-state index in [0.717, 1.165) is 10.9 Å². The lowest BCUT2D eigenvalue weighted by atomic mass is 10.2. The number of rotatable bonds is 0. The molecule has 0 radical (unpaired) electrons. The van der Waals surface area contributed by atoms with Crippen LogP contribution in [0.2, 0.25) is 0 Å². The predicted octanol–water partition coefficient (Wildman–Crippen LogP) is 1.46. The SMILES string of the molecule is Nc1ccc2[nH]ccc2c1O. The Kier molecular flexibility index (Phi) is 1.06. The molecule has 0 aliphatic rings. The van der Waals surface area contributed by atoms with Crippen molar-refractivity contribution in [3.63, 3.8) is 0 Å². The van der Waals surface area contributed by atoms with Gasteiger partial charge in [0.1, 0.15) is 5.75 Å². The Morgan fingerprint density at radius 3 is 2.91 bits per heavy atom. The van der Waals surface area contributed by atoms with Gasteiger partial charge in [-0.05, 0) is 18.2 Å². The molecule has 0 spiro atoms. The van der Waals surface area contributed by atoms with E-state index in [2.05, 4.69) is 4.98 Å². The maximum absolute atomic E-state index is 9.40. The standard InChI is InChI=1S/C8H8N2O/c9-6-1-2-7-5(8(6)11)3-4-10-7/h1-4,10-11H,9H2. The van der Waals surface area contributed by atoms with Gasteiger partial charge in [-0.1, -0.05) is 0 Å². The van der Waals surface area contributed by atoms with Crippen LogP contribution in [-0.4, -0.2) is 10.1 Å². The molecule has 3 heteroatoms. The van der Waals surface area contributed by atoms with E-state index in [-0.39, 0.29) is 5.75 Å². The lowest BCUT2D eigenvalue weighted by Gasteiger charge is -1.98. The third kappa shape index (κ3) is 0.741. The van der Waals surface area contributed by atoms with E-state index in [1.54, 1.807) is 18.3 Å². The van der Waals surface area contributed by atoms with E-state index in [4.69, 9.17) is 5.73 Å². The monoisotopic (exact) mass is 148 g/mol. The number of aromatic hydroxyl groups is 1. The van der Waals surface area contributed by atoms with Crippen LogP contribution < -0.4 is 5.73 Å². The molecule has 56 valence electrons. The van der Waals surface area contributed by atoms with Crippen molar-refractivity contribution in [3.05, 3.63) is 24.4 Å². The highest BCUT2D eigenvalue weighted by atomic mass is 16.3. The Morgan fingerprint density at radius 1 is 1.27 bits per heavy atom. The number of phenols is 1. The third-order valence-electron chi connectivity index (χ3n) is 1.74. The molecule has 1 heterocycles. The van der Waals surface area contributed by atoms with Crippen molar-refractivity contribution in [1.82, 2.24) is 4.98 Å². The smallest absolute Gasteiger partial charge is 0.147 e. The first-order valence-electron chi connectivity index (χ1n) is 3.33. The van der Waals surface area contributed by atoms with Crippen LogP contribution in [0.15, 0.2) is 24.4 Å². The molecule has 0 saturated carbocycles. The lowest BCUT2D eigenvalue weighted by molar-refractivity contribution is 0.484. The van der Waals surface area contributed by atoms with Crippen molar-refractivity contribution >= 4 is 16.6 Å². The Hall–Kier alpha value is -1.64. The number of fused-ring (bicyclic) bond motifs is 1. The van der Waals surface area contributed by atoms with E-state index in [1.807, 2.05) is 6.07 Å². The molecule has 0 fully saturated rings. The highest BCUT2D eigenvalue weighted by Gasteiger charge is 2.02. The van der Waals surface area contributed by atoms with Gasteiger partial charge in [0.05, 0.1) is 5.69 Å². The van der Waals surface area contributed by atoms with E-state index in [1.165, 1.54) is 0 Å². The normalized spacial score (nSPS) is 10.5. The predicted molar refractivity (Wildman–Crippen MR) is 44.4 cm³/mol. The molecular weight excluding hydrogens is 140 g/mol. The lowest BCUT2D eigenvalue weighted by Crippen LogP contribution is -1.84. The minimum atomic E-state index is 0.156. The highest BCUT2D eigenvalue weighted by Crippen LogP contribution is 2.29. The Morgan fingerprint density at radius 2 is 2.09 bits per heavy atom. The van der Waals surface area contributed by atoms with Crippen LogP contribution in [0, 0.1) is 0 Å². The Balaban J connectivity index is 2.93. The van der Waals surface area contributed by atoms with E-state index in [9.17, 15) is 5.11 Å². The van der Waals surface area contributed by atoms with Gasteiger partial charge in [-0.3, -0.25) is 0 Å². The first-order chi connectivity index (χ1) is 5.29. The molecule has 2 rings (SSSR count). The first-order valence-corrected chi connectivity index (χ1v) is 3.33. The number of hydrogen-bond acceptors (Lipinski definition) is 2. The van der Waals surface area contributed by atoms with Crippen LogP contribution in [0.25, 0.3) is 10.9 Å². The molecule has 1 aromatic heterocycles. The summed E-state index contributed by atoms with van der Waals surface area (Å²) in [6, 6.07) is 5.31. The number of H-pyrrole nitrogens is 1. The quantitative estimate of drug-likeness (QED) is 0.391. The molecule has 0 bridgehead atoms. The van der Waals surface area contributed by atoms with Crippen molar-refractivity contribution in [1.29, 1.82) is 0 Å². The van der Waals surface area contributed by atoms with Crippen LogP contribution in [0.3, 0.4) is 0 Å². The molecule has 11 heavy (non-hydrogen) atoms. The number of aromatic amines is 1. The topological polar surface area (TPSA) is 62.0 Å². The summed E-state index contributed by atoms with van der Waals surface area (Å²) in [6.45, 7) is 0. The summed E-state index contributed by atoms with van der Waals surface area (Å²) in [4.78, 5) is 2.97. The Bertz CT molecular complexity index is 392. The molecule has 0 aliphatic carbocycles. The number of anilines is 1. The van der Waals surface area contributed by atoms with E-state index < -0.39 is 0 Å². The van der Waals surface area contributed by atoms with Gasteiger partial charge >= 0.3 is 0 Å². The minimum absolute atomic E-state index is 0.156. The molecule has 0 aliphatic heterocycles. The summed E-state index contributed by atoms with van der Waals surface area (Å²) < 4.78 is 0. The van der Waals surface area contributed by atoms with Crippen molar-refractivity contribution < 1.29 is 5.11 Å². The average Bonchev–Trinajstić information content (AvgIpc) is 2.45. The van der Waals surface area contributed by atoms with Crippen LogP contribution in [0.5, 0.6) is 5.75 Å². The fourth-order valence-electron chi connectivity index (χ4n) is 1.13. The van der Waals surface area contributed by atoms with Gasteiger partial charge in [0, 0.05) is 17.1 Å². The second-order valence-electron chi connectivity index (χ2n) is 2.44. The van der Waals surface area contributed by atoms with Gasteiger partial charge in [0.25, 0.3) is 0 Å². The zero-order valence-corrected chi connectivity index (χ0v) is 5.83. The summed E-state index contributed by atoms with van der Waals surface area (Å²) in [7, 11) is 0. The summed E-state index contributed by atoms with van der Waals surface area (Å²) in [5.74, 6) is 0.156. The molecule has 3 nitrogen and oxygen atoms in total. The zero-order chi connectivity index (χ0) is 7.84. The number of aromatic nitrogens is 1. The summed E-state index contributed by atoms with van der Waals surface area (Å²) >= 11 is 0. The molecular formula is C8H8N2O. The molecule has 2 aromatic rings. The van der Waals surface area contributed by atoms with Crippen molar-refractivity contribution in [2.45, 2.75) is 0 Å². The first kappa shape index (κ1) is 6.09. The number of nitrogens with one attached hydrogen (secondary N) is 1. The van der Waals surface area contributed by atoms with Gasteiger partial charge in [-0.2, -0.15) is 0 Å². The number of phenolic OH excluding ortho intramolecular Hbond substituents is 1. The van der Waals surface area contributed by atoms with Crippen LogP contribution >= 0.6 is 0 Å². The van der Waals surface area contributed by atoms with Gasteiger partial charge in [-0.15, -0.1) is 0 Å². The number of benzene rings is 1.